The molecule has 0 heterocycles. The van der Waals surface area contributed by atoms with Crippen LogP contribution in [0.2, 0.25) is 5.02 Å². The molecule has 0 atom stereocenters. The monoisotopic (exact) mass is 422 g/mol. The Morgan fingerprint density at radius 3 is 2.37 bits per heavy atom. The number of nitrogens with one attached hydrogen (secondary N) is 2. The fraction of sp³-hybridized carbons (Fsp3) is 0.188. The minimum Gasteiger partial charge on any atom is -0.496 e. The van der Waals surface area contributed by atoms with Crippen LogP contribution in [0.5, 0.6) is 5.75 Å². The lowest BCUT2D eigenvalue weighted by molar-refractivity contribution is -0.136. The highest BCUT2D eigenvalue weighted by atomic mass is 35.5. The van der Waals surface area contributed by atoms with Crippen molar-refractivity contribution in [2.75, 3.05) is 18.9 Å². The fourth-order valence-corrected chi connectivity index (χ4v) is 3.49. The van der Waals surface area contributed by atoms with Crippen molar-refractivity contribution in [3.8, 4) is 5.75 Å². The van der Waals surface area contributed by atoms with Gasteiger partial charge in [-0.2, -0.15) is 13.2 Å². The number of methoxy groups -OCH3 is 1. The van der Waals surface area contributed by atoms with Gasteiger partial charge in [-0.3, -0.25) is 9.52 Å². The molecule has 2 aromatic rings. The molecule has 2 N–H and O–H groups in total. The summed E-state index contributed by atoms with van der Waals surface area (Å²) in [6.45, 7) is 0. The number of rotatable bonds is 5. The second-order valence-corrected chi connectivity index (χ2v) is 7.35. The molecule has 2 aromatic carbocycles. The normalized spacial score (nSPS) is 11.8. The van der Waals surface area contributed by atoms with Gasteiger partial charge >= 0.3 is 6.18 Å². The summed E-state index contributed by atoms with van der Waals surface area (Å²) in [6.07, 6.45) is -4.82. The van der Waals surface area contributed by atoms with Gasteiger partial charge in [0.2, 0.25) is 0 Å². The predicted molar refractivity (Wildman–Crippen MR) is 93.6 cm³/mol. The van der Waals surface area contributed by atoms with Crippen LogP contribution in [0, 0.1) is 0 Å². The van der Waals surface area contributed by atoms with Crippen LogP contribution < -0.4 is 14.8 Å². The Kier molecular flexibility index (Phi) is 5.91. The van der Waals surface area contributed by atoms with Crippen molar-refractivity contribution in [3.63, 3.8) is 0 Å². The second kappa shape index (κ2) is 7.65. The SMILES string of the molecule is CNC(=O)c1cc(S(=O)(=O)Nc2ccc(Cl)cc2C(F)(F)F)ccc1OC. The largest absolute Gasteiger partial charge is 0.496 e. The third-order valence-corrected chi connectivity index (χ3v) is 5.08. The number of hydrogen-bond acceptors (Lipinski definition) is 4. The molecule has 0 saturated heterocycles. The highest BCUT2D eigenvalue weighted by Gasteiger charge is 2.35. The van der Waals surface area contributed by atoms with Crippen molar-refractivity contribution in [3.05, 3.63) is 52.5 Å². The van der Waals surface area contributed by atoms with Gasteiger partial charge in [-0.25, -0.2) is 8.42 Å². The molecule has 0 unspecified atom stereocenters. The molecule has 146 valence electrons. The van der Waals surface area contributed by atoms with Gasteiger partial charge in [-0.05, 0) is 36.4 Å². The third-order valence-electron chi connectivity index (χ3n) is 3.48. The maximum absolute atomic E-state index is 13.2. The van der Waals surface area contributed by atoms with Crippen molar-refractivity contribution in [1.29, 1.82) is 0 Å². The first-order valence-electron chi connectivity index (χ1n) is 7.29. The number of hydrogen-bond donors (Lipinski definition) is 2. The summed E-state index contributed by atoms with van der Waals surface area (Å²) in [6, 6.07) is 5.99. The average molecular weight is 423 g/mol. The van der Waals surface area contributed by atoms with Crippen LogP contribution >= 0.6 is 11.6 Å². The Balaban J connectivity index is 2.51. The molecular formula is C16H14ClF3N2O4S. The fourth-order valence-electron chi connectivity index (χ4n) is 2.21. The molecule has 0 aliphatic heterocycles. The molecule has 0 radical (unpaired) electrons. The zero-order chi connectivity index (χ0) is 20.4. The maximum Gasteiger partial charge on any atom is 0.418 e. The van der Waals surface area contributed by atoms with E-state index in [1.807, 2.05) is 4.72 Å². The highest BCUT2D eigenvalue weighted by molar-refractivity contribution is 7.92. The van der Waals surface area contributed by atoms with Crippen LogP contribution in [0.1, 0.15) is 15.9 Å². The van der Waals surface area contributed by atoms with Gasteiger partial charge in [0.25, 0.3) is 15.9 Å². The Labute approximate surface area is 158 Å². The Bertz CT molecular complexity index is 978. The van der Waals surface area contributed by atoms with Crippen molar-refractivity contribution in [2.45, 2.75) is 11.1 Å². The molecule has 1 amide bonds. The van der Waals surface area contributed by atoms with Gasteiger partial charge in [0.15, 0.2) is 0 Å². The minimum absolute atomic E-state index is 0.0879. The van der Waals surface area contributed by atoms with E-state index in [9.17, 15) is 26.4 Å². The molecule has 11 heteroatoms. The Hall–Kier alpha value is -2.46. The third kappa shape index (κ3) is 4.64. The van der Waals surface area contributed by atoms with E-state index in [0.717, 1.165) is 24.3 Å². The first kappa shape index (κ1) is 20.8. The molecule has 0 aliphatic carbocycles. The average Bonchev–Trinajstić information content (AvgIpc) is 2.60. The first-order chi connectivity index (χ1) is 12.5. The molecule has 27 heavy (non-hydrogen) atoms. The van der Waals surface area contributed by atoms with E-state index in [2.05, 4.69) is 5.32 Å². The Morgan fingerprint density at radius 2 is 1.81 bits per heavy atom. The molecule has 2 rings (SSSR count). The second-order valence-electron chi connectivity index (χ2n) is 5.23. The summed E-state index contributed by atoms with van der Waals surface area (Å²) < 4.78 is 71.4. The number of sulfonamides is 1. The molecule has 0 fully saturated rings. The summed E-state index contributed by atoms with van der Waals surface area (Å²) in [5.41, 5.74) is -2.02. The smallest absolute Gasteiger partial charge is 0.418 e. The van der Waals surface area contributed by atoms with Crippen molar-refractivity contribution in [1.82, 2.24) is 5.32 Å². The van der Waals surface area contributed by atoms with E-state index >= 15 is 0 Å². The lowest BCUT2D eigenvalue weighted by Crippen LogP contribution is -2.21. The summed E-state index contributed by atoms with van der Waals surface area (Å²) >= 11 is 5.58. The van der Waals surface area contributed by atoms with E-state index in [4.69, 9.17) is 16.3 Å². The molecule has 0 spiro atoms. The zero-order valence-corrected chi connectivity index (χ0v) is 15.6. The molecule has 6 nitrogen and oxygen atoms in total. The number of ether oxygens (including phenoxy) is 1. The van der Waals surface area contributed by atoms with E-state index in [0.29, 0.717) is 6.07 Å². The van der Waals surface area contributed by atoms with Gasteiger partial charge in [0, 0.05) is 12.1 Å². The van der Waals surface area contributed by atoms with Crippen molar-refractivity contribution < 1.29 is 31.1 Å². The summed E-state index contributed by atoms with van der Waals surface area (Å²) in [4.78, 5) is 11.5. The number of benzene rings is 2. The number of halogens is 4. The van der Waals surface area contributed by atoms with Crippen LogP contribution in [0.3, 0.4) is 0 Å². The van der Waals surface area contributed by atoms with E-state index in [-0.39, 0.29) is 16.3 Å². The highest BCUT2D eigenvalue weighted by Crippen LogP contribution is 2.37. The molecule has 0 saturated carbocycles. The number of amides is 1. The molecule has 0 bridgehead atoms. The summed E-state index contributed by atoms with van der Waals surface area (Å²) in [7, 11) is -1.80. The molecule has 0 aromatic heterocycles. The van der Waals surface area contributed by atoms with Gasteiger partial charge in [-0.1, -0.05) is 11.6 Å². The van der Waals surface area contributed by atoms with Gasteiger partial charge in [0.05, 0.1) is 28.8 Å². The molecule has 0 aliphatic rings. The van der Waals surface area contributed by atoms with Crippen LogP contribution in [-0.4, -0.2) is 28.5 Å². The Morgan fingerprint density at radius 1 is 1.15 bits per heavy atom. The molecular weight excluding hydrogens is 409 g/mol. The standard InChI is InChI=1S/C16H14ClF3N2O4S/c1-21-15(23)11-8-10(4-6-14(11)26-2)27(24,25)22-13-5-3-9(17)7-12(13)16(18,19)20/h3-8,22H,1-2H3,(H,21,23). The van der Waals surface area contributed by atoms with E-state index in [1.165, 1.54) is 20.2 Å². The predicted octanol–water partition coefficient (Wildman–Crippen LogP) is 3.53. The van der Waals surface area contributed by atoms with E-state index < -0.39 is 38.3 Å². The topological polar surface area (TPSA) is 84.5 Å². The quantitative estimate of drug-likeness (QED) is 0.772. The van der Waals surface area contributed by atoms with Crippen molar-refractivity contribution in [2.24, 2.45) is 0 Å². The number of carbonyl (C=O) groups excluding carboxylic acids is 1. The minimum atomic E-state index is -4.82. The number of carbonyl (C=O) groups is 1. The van der Waals surface area contributed by atoms with Crippen LogP contribution in [0.15, 0.2) is 41.3 Å². The zero-order valence-electron chi connectivity index (χ0n) is 14.0. The summed E-state index contributed by atoms with van der Waals surface area (Å²) in [5.74, 6) is -0.512. The van der Waals surface area contributed by atoms with Crippen LogP contribution in [0.25, 0.3) is 0 Å². The van der Waals surface area contributed by atoms with Crippen molar-refractivity contribution >= 4 is 33.2 Å². The maximum atomic E-state index is 13.2. The number of anilines is 1. The van der Waals surface area contributed by atoms with Gasteiger partial charge in [-0.15, -0.1) is 0 Å². The number of alkyl halides is 3. The summed E-state index contributed by atoms with van der Waals surface area (Å²) in [5, 5.41) is 2.12. The lowest BCUT2D eigenvalue weighted by Gasteiger charge is -2.16. The van der Waals surface area contributed by atoms with Gasteiger partial charge < -0.3 is 10.1 Å². The van der Waals surface area contributed by atoms with Crippen LogP contribution in [0.4, 0.5) is 18.9 Å². The lowest BCUT2D eigenvalue weighted by atomic mass is 10.2. The van der Waals surface area contributed by atoms with Crippen LogP contribution in [-0.2, 0) is 16.2 Å². The van der Waals surface area contributed by atoms with E-state index in [1.54, 1.807) is 0 Å². The first-order valence-corrected chi connectivity index (χ1v) is 9.15. The van der Waals surface area contributed by atoms with Gasteiger partial charge in [0.1, 0.15) is 5.75 Å².